The van der Waals surface area contributed by atoms with E-state index in [0.717, 1.165) is 18.2 Å². The van der Waals surface area contributed by atoms with Gasteiger partial charge in [0.25, 0.3) is 0 Å². The molecule has 0 aliphatic heterocycles. The van der Waals surface area contributed by atoms with Gasteiger partial charge in [-0.05, 0) is 18.2 Å². The predicted octanol–water partition coefficient (Wildman–Crippen LogP) is 2.10. The first kappa shape index (κ1) is 6.90. The molecule has 48 valence electrons. The Bertz CT molecular complexity index is 150. The fourth-order valence-corrected chi connectivity index (χ4v) is 1.25. The smallest absolute Gasteiger partial charge is 0.172 e. The Hall–Kier alpha value is -0.213. The van der Waals surface area contributed by atoms with Gasteiger partial charge in [-0.2, -0.15) is 11.1 Å². The largest absolute Gasteiger partial charge is 0.469 e. The van der Waals surface area contributed by atoms with E-state index in [2.05, 4.69) is 0 Å². The molecule has 1 rings (SSSR count). The standard InChI is InChI=1S/C6H7ClOSi/c7-9-5-3-6-2-1-4-8-6/h1-2,4H,3,5H2. The van der Waals surface area contributed by atoms with Crippen LogP contribution in [-0.2, 0) is 6.42 Å². The second-order valence-corrected chi connectivity index (χ2v) is 3.28. The predicted molar refractivity (Wildman–Crippen MR) is 38.8 cm³/mol. The first-order valence-electron chi connectivity index (χ1n) is 2.79. The molecular weight excluding hydrogens is 152 g/mol. The quantitative estimate of drug-likeness (QED) is 0.485. The third kappa shape index (κ3) is 2.24. The number of halogens is 1. The average molecular weight is 159 g/mol. The van der Waals surface area contributed by atoms with Crippen molar-refractivity contribution in [3.8, 4) is 0 Å². The van der Waals surface area contributed by atoms with Crippen LogP contribution in [0.3, 0.4) is 0 Å². The van der Waals surface area contributed by atoms with Gasteiger partial charge in [0, 0.05) is 6.42 Å². The van der Waals surface area contributed by atoms with Gasteiger partial charge in [0.15, 0.2) is 8.83 Å². The molecule has 0 saturated heterocycles. The molecule has 0 fully saturated rings. The molecule has 1 aromatic heterocycles. The maximum Gasteiger partial charge on any atom is 0.172 e. The Balaban J connectivity index is 2.30. The summed E-state index contributed by atoms with van der Waals surface area (Å²) in [4.78, 5) is 0. The monoisotopic (exact) mass is 158 g/mol. The summed E-state index contributed by atoms with van der Waals surface area (Å²) in [5.41, 5.74) is 0. The molecule has 3 heteroatoms. The number of hydrogen-bond donors (Lipinski definition) is 0. The summed E-state index contributed by atoms with van der Waals surface area (Å²) in [6, 6.07) is 4.89. The Morgan fingerprint density at radius 3 is 3.11 bits per heavy atom. The van der Waals surface area contributed by atoms with Gasteiger partial charge >= 0.3 is 0 Å². The zero-order chi connectivity index (χ0) is 6.53. The Labute approximate surface area is 61.5 Å². The highest BCUT2D eigenvalue weighted by Gasteiger charge is 1.93. The van der Waals surface area contributed by atoms with Gasteiger partial charge in [-0.3, -0.25) is 0 Å². The highest BCUT2D eigenvalue weighted by molar-refractivity contribution is 6.93. The first-order valence-corrected chi connectivity index (χ1v) is 5.01. The van der Waals surface area contributed by atoms with Gasteiger partial charge < -0.3 is 4.42 Å². The zero-order valence-electron chi connectivity index (χ0n) is 4.93. The van der Waals surface area contributed by atoms with Gasteiger partial charge in [-0.25, -0.2) is 0 Å². The van der Waals surface area contributed by atoms with E-state index in [9.17, 15) is 0 Å². The maximum atomic E-state index is 5.50. The van der Waals surface area contributed by atoms with Crippen molar-refractivity contribution in [1.82, 2.24) is 0 Å². The van der Waals surface area contributed by atoms with Crippen molar-refractivity contribution in [3.05, 3.63) is 24.2 Å². The zero-order valence-corrected chi connectivity index (χ0v) is 6.69. The lowest BCUT2D eigenvalue weighted by Crippen LogP contribution is -1.82. The summed E-state index contributed by atoms with van der Waals surface area (Å²) in [6.07, 6.45) is 2.65. The lowest BCUT2D eigenvalue weighted by Gasteiger charge is -1.88. The summed E-state index contributed by atoms with van der Waals surface area (Å²) in [5, 5.41) is 0. The molecule has 0 aliphatic rings. The molecule has 0 unspecified atom stereocenters. The van der Waals surface area contributed by atoms with Gasteiger partial charge in [0.1, 0.15) is 5.76 Å². The highest BCUT2D eigenvalue weighted by Crippen LogP contribution is 2.03. The second-order valence-electron chi connectivity index (χ2n) is 1.71. The van der Waals surface area contributed by atoms with Crippen molar-refractivity contribution in [2.24, 2.45) is 0 Å². The van der Waals surface area contributed by atoms with Gasteiger partial charge in [0.05, 0.1) is 6.26 Å². The third-order valence-electron chi connectivity index (χ3n) is 1.05. The topological polar surface area (TPSA) is 13.1 Å². The van der Waals surface area contributed by atoms with E-state index in [4.69, 9.17) is 15.5 Å². The molecule has 0 bridgehead atoms. The van der Waals surface area contributed by atoms with E-state index in [1.54, 1.807) is 6.26 Å². The van der Waals surface area contributed by atoms with Crippen LogP contribution in [0, 0.1) is 0 Å². The minimum Gasteiger partial charge on any atom is -0.469 e. The minimum absolute atomic E-state index is 0.508. The van der Waals surface area contributed by atoms with E-state index in [1.165, 1.54) is 0 Å². The number of rotatable bonds is 3. The van der Waals surface area contributed by atoms with Gasteiger partial charge in [0.2, 0.25) is 0 Å². The Morgan fingerprint density at radius 2 is 2.56 bits per heavy atom. The van der Waals surface area contributed by atoms with Crippen molar-refractivity contribution in [2.45, 2.75) is 12.5 Å². The molecule has 9 heavy (non-hydrogen) atoms. The number of hydrogen-bond acceptors (Lipinski definition) is 1. The Kier molecular flexibility index (Phi) is 2.87. The summed E-state index contributed by atoms with van der Waals surface area (Å²) < 4.78 is 5.08. The fourth-order valence-electron chi connectivity index (χ4n) is 0.625. The molecule has 1 aromatic rings. The number of furan rings is 1. The molecule has 1 heterocycles. The van der Waals surface area contributed by atoms with E-state index < -0.39 is 0 Å². The summed E-state index contributed by atoms with van der Waals surface area (Å²) >= 11 is 5.50. The molecule has 0 saturated carbocycles. The van der Waals surface area contributed by atoms with Crippen LogP contribution in [0.15, 0.2) is 22.8 Å². The highest BCUT2D eigenvalue weighted by atomic mass is 35.6. The van der Waals surface area contributed by atoms with Crippen molar-refractivity contribution in [3.63, 3.8) is 0 Å². The molecular formula is C6H7ClOSi. The first-order chi connectivity index (χ1) is 4.43. The van der Waals surface area contributed by atoms with E-state index in [-0.39, 0.29) is 0 Å². The van der Waals surface area contributed by atoms with Crippen LogP contribution in [0.25, 0.3) is 0 Å². The molecule has 0 atom stereocenters. The summed E-state index contributed by atoms with van der Waals surface area (Å²) in [7, 11) is 0.508. The summed E-state index contributed by atoms with van der Waals surface area (Å²) in [6.45, 7) is 0. The lowest BCUT2D eigenvalue weighted by atomic mass is 10.4. The van der Waals surface area contributed by atoms with Crippen molar-refractivity contribution in [2.75, 3.05) is 0 Å². The van der Waals surface area contributed by atoms with Crippen LogP contribution in [0.4, 0.5) is 0 Å². The van der Waals surface area contributed by atoms with Crippen LogP contribution in [-0.4, -0.2) is 8.83 Å². The van der Waals surface area contributed by atoms with Crippen molar-refractivity contribution >= 4 is 19.9 Å². The second kappa shape index (κ2) is 3.74. The van der Waals surface area contributed by atoms with Gasteiger partial charge in [-0.15, -0.1) is 0 Å². The van der Waals surface area contributed by atoms with Crippen LogP contribution in [0.1, 0.15) is 5.76 Å². The van der Waals surface area contributed by atoms with Crippen LogP contribution < -0.4 is 0 Å². The maximum absolute atomic E-state index is 5.50. The van der Waals surface area contributed by atoms with Crippen LogP contribution in [0.2, 0.25) is 6.04 Å². The molecule has 0 aliphatic carbocycles. The molecule has 1 nitrogen and oxygen atoms in total. The fraction of sp³-hybridized carbons (Fsp3) is 0.333. The average Bonchev–Trinajstić information content (AvgIpc) is 2.34. The van der Waals surface area contributed by atoms with Crippen molar-refractivity contribution < 1.29 is 4.42 Å². The van der Waals surface area contributed by atoms with E-state index in [0.29, 0.717) is 8.83 Å². The Morgan fingerprint density at radius 1 is 1.67 bits per heavy atom. The number of aryl methyl sites for hydroxylation is 1. The van der Waals surface area contributed by atoms with Crippen LogP contribution in [0.5, 0.6) is 0 Å². The van der Waals surface area contributed by atoms with Crippen molar-refractivity contribution in [1.29, 1.82) is 0 Å². The lowest BCUT2D eigenvalue weighted by molar-refractivity contribution is 0.516. The van der Waals surface area contributed by atoms with Crippen LogP contribution >= 0.6 is 11.1 Å². The van der Waals surface area contributed by atoms with Gasteiger partial charge in [-0.1, -0.05) is 0 Å². The SMILES string of the molecule is Cl[Si]CCc1ccco1. The van der Waals surface area contributed by atoms with E-state index in [1.807, 2.05) is 12.1 Å². The van der Waals surface area contributed by atoms with E-state index >= 15 is 0 Å². The molecule has 0 N–H and O–H groups in total. The third-order valence-corrected chi connectivity index (χ3v) is 2.05. The summed E-state index contributed by atoms with van der Waals surface area (Å²) in [5.74, 6) is 1.03. The molecule has 0 amide bonds. The normalized spacial score (nSPS) is 9.89. The molecule has 0 aromatic carbocycles. The molecule has 2 radical (unpaired) electrons. The molecule has 0 spiro atoms. The minimum atomic E-state index is 0.508.